The monoisotopic (exact) mass is 469 g/mol. The number of nitrogens with zero attached hydrogens (tertiary/aromatic N) is 3. The molecule has 2 aromatic carbocycles. The van der Waals surface area contributed by atoms with E-state index >= 15 is 0 Å². The Bertz CT molecular complexity index is 1060. The van der Waals surface area contributed by atoms with Crippen LogP contribution in [-0.4, -0.2) is 47.2 Å². The number of alkyl halides is 2. The molecular weight excluding hydrogens is 451 g/mol. The average Bonchev–Trinajstić information content (AvgIpc) is 3.26. The molecule has 0 aliphatic carbocycles. The first kappa shape index (κ1) is 23.5. The minimum atomic E-state index is -2.92. The third kappa shape index (κ3) is 5.55. The summed E-state index contributed by atoms with van der Waals surface area (Å²) in [6.45, 7) is -1.04. The molecular formula is C20H19ClF3N5O3. The number of hydrogen-bond acceptors (Lipinski definition) is 6. The fourth-order valence-corrected chi connectivity index (χ4v) is 3.07. The van der Waals surface area contributed by atoms with Crippen LogP contribution in [0.15, 0.2) is 48.7 Å². The lowest BCUT2D eigenvalue weighted by molar-refractivity contribution is -0.0498. The summed E-state index contributed by atoms with van der Waals surface area (Å²) in [6.07, 6.45) is 1.09. The SMILES string of the molecule is Cl.O=C(Nc1ccc(C2CNCCO2)cc1F)c1cn(-c2ccc(OC(F)F)cc2)nn1. The summed E-state index contributed by atoms with van der Waals surface area (Å²) >= 11 is 0. The molecule has 1 amide bonds. The Morgan fingerprint density at radius 1 is 1.25 bits per heavy atom. The Labute approximate surface area is 187 Å². The van der Waals surface area contributed by atoms with Gasteiger partial charge in [0.05, 0.1) is 30.3 Å². The number of anilines is 1. The van der Waals surface area contributed by atoms with Crippen LogP contribution in [0.4, 0.5) is 18.9 Å². The van der Waals surface area contributed by atoms with E-state index in [1.807, 2.05) is 0 Å². The van der Waals surface area contributed by atoms with Crippen LogP contribution in [0.1, 0.15) is 22.2 Å². The average molecular weight is 470 g/mol. The maximum Gasteiger partial charge on any atom is 0.387 e. The van der Waals surface area contributed by atoms with Crippen LogP contribution in [0.25, 0.3) is 5.69 Å². The van der Waals surface area contributed by atoms with Gasteiger partial charge in [-0.1, -0.05) is 11.3 Å². The molecule has 32 heavy (non-hydrogen) atoms. The zero-order chi connectivity index (χ0) is 21.8. The number of aromatic nitrogens is 3. The number of ether oxygens (including phenoxy) is 2. The third-order valence-electron chi connectivity index (χ3n) is 4.59. The van der Waals surface area contributed by atoms with Crippen molar-refractivity contribution in [2.75, 3.05) is 25.0 Å². The zero-order valence-corrected chi connectivity index (χ0v) is 17.3. The molecule has 0 radical (unpaired) electrons. The minimum absolute atomic E-state index is 0. The molecule has 1 atom stereocenters. The number of hydrogen-bond donors (Lipinski definition) is 2. The zero-order valence-electron chi connectivity index (χ0n) is 16.5. The molecule has 1 aliphatic heterocycles. The van der Waals surface area contributed by atoms with E-state index < -0.39 is 18.3 Å². The second-order valence-electron chi connectivity index (χ2n) is 6.68. The van der Waals surface area contributed by atoms with Gasteiger partial charge >= 0.3 is 6.61 Å². The smallest absolute Gasteiger partial charge is 0.387 e. The van der Waals surface area contributed by atoms with Crippen LogP contribution < -0.4 is 15.4 Å². The van der Waals surface area contributed by atoms with Gasteiger partial charge in [-0.15, -0.1) is 17.5 Å². The van der Waals surface area contributed by atoms with E-state index in [0.717, 1.165) is 6.54 Å². The topological polar surface area (TPSA) is 90.3 Å². The van der Waals surface area contributed by atoms with Crippen LogP contribution in [0.3, 0.4) is 0 Å². The number of halogens is 4. The summed E-state index contributed by atoms with van der Waals surface area (Å²) in [5.41, 5.74) is 1.11. The van der Waals surface area contributed by atoms with Crippen molar-refractivity contribution in [3.8, 4) is 11.4 Å². The van der Waals surface area contributed by atoms with Gasteiger partial charge in [-0.05, 0) is 42.0 Å². The fourth-order valence-electron chi connectivity index (χ4n) is 3.07. The quantitative estimate of drug-likeness (QED) is 0.575. The van der Waals surface area contributed by atoms with Crippen molar-refractivity contribution >= 4 is 24.0 Å². The summed E-state index contributed by atoms with van der Waals surface area (Å²) in [4.78, 5) is 12.4. The van der Waals surface area contributed by atoms with Crippen molar-refractivity contribution in [1.82, 2.24) is 20.3 Å². The van der Waals surface area contributed by atoms with E-state index in [1.54, 1.807) is 6.07 Å². The molecule has 12 heteroatoms. The Morgan fingerprint density at radius 3 is 2.69 bits per heavy atom. The van der Waals surface area contributed by atoms with Crippen molar-refractivity contribution < 1.29 is 27.4 Å². The van der Waals surface area contributed by atoms with Crippen molar-refractivity contribution in [1.29, 1.82) is 0 Å². The molecule has 1 unspecified atom stereocenters. The second-order valence-corrected chi connectivity index (χ2v) is 6.68. The van der Waals surface area contributed by atoms with Gasteiger partial charge in [0.2, 0.25) is 0 Å². The second kappa shape index (κ2) is 10.4. The molecule has 1 aromatic heterocycles. The molecule has 0 spiro atoms. The van der Waals surface area contributed by atoms with E-state index in [0.29, 0.717) is 24.4 Å². The van der Waals surface area contributed by atoms with Crippen molar-refractivity contribution in [2.24, 2.45) is 0 Å². The number of amides is 1. The van der Waals surface area contributed by atoms with Crippen LogP contribution in [0.5, 0.6) is 5.75 Å². The molecule has 0 saturated carbocycles. The Balaban J connectivity index is 0.00000289. The molecule has 1 fully saturated rings. The number of morpholine rings is 1. The fraction of sp³-hybridized carbons (Fsp3) is 0.250. The molecule has 170 valence electrons. The summed E-state index contributed by atoms with van der Waals surface area (Å²) in [7, 11) is 0. The first-order valence-corrected chi connectivity index (χ1v) is 9.40. The summed E-state index contributed by atoms with van der Waals surface area (Å²) in [6, 6.07) is 10.1. The maximum atomic E-state index is 14.5. The van der Waals surface area contributed by atoms with Gasteiger partial charge in [0, 0.05) is 13.1 Å². The highest BCUT2D eigenvalue weighted by Crippen LogP contribution is 2.24. The van der Waals surface area contributed by atoms with Crippen molar-refractivity contribution in [3.63, 3.8) is 0 Å². The lowest BCUT2D eigenvalue weighted by atomic mass is 10.1. The van der Waals surface area contributed by atoms with E-state index in [9.17, 15) is 18.0 Å². The predicted molar refractivity (Wildman–Crippen MR) is 111 cm³/mol. The van der Waals surface area contributed by atoms with Gasteiger partial charge < -0.3 is 20.1 Å². The van der Waals surface area contributed by atoms with Gasteiger partial charge in [0.15, 0.2) is 5.69 Å². The predicted octanol–water partition coefficient (Wildman–Crippen LogP) is 3.34. The molecule has 2 heterocycles. The van der Waals surface area contributed by atoms with Gasteiger partial charge in [-0.25, -0.2) is 9.07 Å². The molecule has 8 nitrogen and oxygen atoms in total. The Kier molecular flexibility index (Phi) is 7.67. The van der Waals surface area contributed by atoms with Crippen LogP contribution >= 0.6 is 12.4 Å². The van der Waals surface area contributed by atoms with E-state index in [1.165, 1.54) is 47.3 Å². The number of carbonyl (C=O) groups is 1. The van der Waals surface area contributed by atoms with E-state index in [4.69, 9.17) is 4.74 Å². The summed E-state index contributed by atoms with van der Waals surface area (Å²) < 4.78 is 50.1. The largest absolute Gasteiger partial charge is 0.435 e. The van der Waals surface area contributed by atoms with Gasteiger partial charge in [0.1, 0.15) is 11.6 Å². The summed E-state index contributed by atoms with van der Waals surface area (Å²) in [5, 5.41) is 13.3. The minimum Gasteiger partial charge on any atom is -0.435 e. The number of benzene rings is 2. The van der Waals surface area contributed by atoms with E-state index in [-0.39, 0.29) is 35.6 Å². The van der Waals surface area contributed by atoms with Crippen molar-refractivity contribution in [2.45, 2.75) is 12.7 Å². The van der Waals surface area contributed by atoms with Crippen LogP contribution in [-0.2, 0) is 4.74 Å². The molecule has 2 N–H and O–H groups in total. The van der Waals surface area contributed by atoms with Crippen LogP contribution in [0.2, 0.25) is 0 Å². The first-order valence-electron chi connectivity index (χ1n) is 9.40. The standard InChI is InChI=1S/C20H18F3N5O3.ClH/c21-15-9-12(18-10-24-7-8-30-18)1-6-16(15)25-19(29)17-11-28(27-26-17)13-2-4-14(5-3-13)31-20(22)23;/h1-6,9,11,18,20,24H,7-8,10H2,(H,25,29);1H. The van der Waals surface area contributed by atoms with E-state index in [2.05, 4.69) is 25.7 Å². The first-order chi connectivity index (χ1) is 15.0. The normalized spacial score (nSPS) is 15.8. The van der Waals surface area contributed by atoms with Gasteiger partial charge in [0.25, 0.3) is 5.91 Å². The lowest BCUT2D eigenvalue weighted by Crippen LogP contribution is -2.33. The van der Waals surface area contributed by atoms with Gasteiger partial charge in [-0.2, -0.15) is 8.78 Å². The van der Waals surface area contributed by atoms with Crippen molar-refractivity contribution in [3.05, 3.63) is 65.7 Å². The molecule has 1 aliphatic rings. The molecule has 1 saturated heterocycles. The summed E-state index contributed by atoms with van der Waals surface area (Å²) in [5.74, 6) is -1.25. The van der Waals surface area contributed by atoms with Crippen LogP contribution in [0, 0.1) is 5.82 Å². The highest BCUT2D eigenvalue weighted by molar-refractivity contribution is 6.02. The Hall–Kier alpha value is -3.15. The maximum absolute atomic E-state index is 14.5. The lowest BCUT2D eigenvalue weighted by Gasteiger charge is -2.24. The Morgan fingerprint density at radius 2 is 2.03 bits per heavy atom. The van der Waals surface area contributed by atoms with Gasteiger partial charge in [-0.3, -0.25) is 4.79 Å². The number of rotatable bonds is 6. The third-order valence-corrected chi connectivity index (χ3v) is 4.59. The highest BCUT2D eigenvalue weighted by atomic mass is 35.5. The molecule has 0 bridgehead atoms. The molecule has 3 aromatic rings. The molecule has 4 rings (SSSR count). The highest BCUT2D eigenvalue weighted by Gasteiger charge is 2.19. The number of carbonyl (C=O) groups excluding carboxylic acids is 1. The number of nitrogens with one attached hydrogen (secondary N) is 2.